The first-order valence-electron chi connectivity index (χ1n) is 4.30. The Bertz CT molecular complexity index is 436. The van der Waals surface area contributed by atoms with Crippen molar-refractivity contribution in [1.29, 1.82) is 0 Å². The quantitative estimate of drug-likeness (QED) is 0.718. The van der Waals surface area contributed by atoms with Crippen molar-refractivity contribution >= 4 is 0 Å². The zero-order valence-corrected chi connectivity index (χ0v) is 8.14. The van der Waals surface area contributed by atoms with Crippen molar-refractivity contribution in [2.75, 3.05) is 7.11 Å². The lowest BCUT2D eigenvalue weighted by Crippen LogP contribution is -1.92. The molecule has 0 atom stereocenters. The van der Waals surface area contributed by atoms with Gasteiger partial charge in [-0.1, -0.05) is 0 Å². The minimum absolute atomic E-state index is 0.603. The zero-order chi connectivity index (χ0) is 9.97. The van der Waals surface area contributed by atoms with Crippen molar-refractivity contribution < 1.29 is 4.74 Å². The maximum Gasteiger partial charge on any atom is 0.222 e. The van der Waals surface area contributed by atoms with E-state index in [1.807, 2.05) is 31.4 Å². The van der Waals surface area contributed by atoms with Crippen LogP contribution < -0.4 is 4.74 Å². The van der Waals surface area contributed by atoms with E-state index in [0.29, 0.717) is 5.88 Å². The van der Waals surface area contributed by atoms with Crippen LogP contribution >= 0.6 is 0 Å². The predicted molar refractivity (Wildman–Crippen MR) is 53.0 cm³/mol. The number of rotatable bonds is 2. The Morgan fingerprint density at radius 2 is 2.21 bits per heavy atom. The molecule has 0 aliphatic rings. The van der Waals surface area contributed by atoms with Crippen LogP contribution in [-0.4, -0.2) is 21.9 Å². The Morgan fingerprint density at radius 1 is 1.36 bits per heavy atom. The highest BCUT2D eigenvalue weighted by Crippen LogP contribution is 2.25. The lowest BCUT2D eigenvalue weighted by atomic mass is 10.2. The molecule has 2 aromatic rings. The Balaban J connectivity index is 2.50. The third-order valence-corrected chi connectivity index (χ3v) is 1.95. The summed E-state index contributed by atoms with van der Waals surface area (Å²) in [7, 11) is 3.49. The van der Waals surface area contributed by atoms with Crippen molar-refractivity contribution in [3.63, 3.8) is 0 Å². The van der Waals surface area contributed by atoms with Crippen LogP contribution in [0.15, 0.2) is 30.6 Å². The van der Waals surface area contributed by atoms with Crippen LogP contribution in [0.2, 0.25) is 0 Å². The highest BCUT2D eigenvalue weighted by molar-refractivity contribution is 5.64. The fraction of sp³-hybridized carbons (Fsp3) is 0.200. The van der Waals surface area contributed by atoms with Crippen LogP contribution in [0, 0.1) is 0 Å². The van der Waals surface area contributed by atoms with Gasteiger partial charge in [0.15, 0.2) is 0 Å². The maximum absolute atomic E-state index is 5.15. The van der Waals surface area contributed by atoms with Crippen molar-refractivity contribution in [2.24, 2.45) is 7.05 Å². The number of methoxy groups -OCH3 is 1. The van der Waals surface area contributed by atoms with Gasteiger partial charge in [0, 0.05) is 19.4 Å². The fourth-order valence-corrected chi connectivity index (χ4v) is 1.31. The lowest BCUT2D eigenvalue weighted by molar-refractivity contribution is 0.399. The van der Waals surface area contributed by atoms with E-state index in [1.54, 1.807) is 18.0 Å². The van der Waals surface area contributed by atoms with Crippen molar-refractivity contribution in [1.82, 2.24) is 14.8 Å². The van der Waals surface area contributed by atoms with Gasteiger partial charge in [-0.15, -0.1) is 0 Å². The van der Waals surface area contributed by atoms with E-state index in [2.05, 4.69) is 10.1 Å². The van der Waals surface area contributed by atoms with Crippen molar-refractivity contribution in [3.8, 4) is 17.1 Å². The van der Waals surface area contributed by atoms with Crippen LogP contribution in [0.3, 0.4) is 0 Å². The Morgan fingerprint density at radius 3 is 2.86 bits per heavy atom. The molecule has 4 nitrogen and oxygen atoms in total. The number of aromatic nitrogens is 3. The third kappa shape index (κ3) is 1.46. The fourth-order valence-electron chi connectivity index (χ4n) is 1.31. The molecule has 0 fully saturated rings. The molecule has 2 heterocycles. The molecule has 0 bridgehead atoms. The minimum atomic E-state index is 0.603. The van der Waals surface area contributed by atoms with Crippen molar-refractivity contribution in [3.05, 3.63) is 30.6 Å². The number of nitrogens with zero attached hydrogens (tertiary/aromatic N) is 3. The monoisotopic (exact) mass is 189 g/mol. The largest absolute Gasteiger partial charge is 0.481 e. The first-order chi connectivity index (χ1) is 6.81. The number of hydrogen-bond donors (Lipinski definition) is 0. The van der Waals surface area contributed by atoms with E-state index in [0.717, 1.165) is 11.3 Å². The molecule has 0 aliphatic carbocycles. The van der Waals surface area contributed by atoms with Gasteiger partial charge in [0.1, 0.15) is 0 Å². The second-order valence-corrected chi connectivity index (χ2v) is 2.93. The summed E-state index contributed by atoms with van der Waals surface area (Å²) in [6.07, 6.45) is 3.59. The summed E-state index contributed by atoms with van der Waals surface area (Å²) < 4.78 is 6.90. The molecule has 0 unspecified atom stereocenters. The highest BCUT2D eigenvalue weighted by Gasteiger charge is 2.07. The average Bonchev–Trinajstić information content (AvgIpc) is 2.65. The molecule has 4 heteroatoms. The van der Waals surface area contributed by atoms with Crippen LogP contribution in [-0.2, 0) is 7.05 Å². The van der Waals surface area contributed by atoms with Gasteiger partial charge < -0.3 is 4.74 Å². The van der Waals surface area contributed by atoms with Gasteiger partial charge in [0.25, 0.3) is 0 Å². The number of ether oxygens (including phenoxy) is 1. The Labute approximate surface area is 82.2 Å². The van der Waals surface area contributed by atoms with Crippen LogP contribution in [0.4, 0.5) is 0 Å². The molecule has 0 amide bonds. The molecule has 72 valence electrons. The molecule has 14 heavy (non-hydrogen) atoms. The van der Waals surface area contributed by atoms with E-state index in [4.69, 9.17) is 4.74 Å². The second-order valence-electron chi connectivity index (χ2n) is 2.93. The Kier molecular flexibility index (Phi) is 2.18. The van der Waals surface area contributed by atoms with Crippen molar-refractivity contribution in [2.45, 2.75) is 0 Å². The average molecular weight is 189 g/mol. The normalized spacial score (nSPS) is 10.1. The zero-order valence-electron chi connectivity index (χ0n) is 8.14. The molecule has 2 rings (SSSR count). The molecular weight excluding hydrogens is 178 g/mol. The summed E-state index contributed by atoms with van der Waals surface area (Å²) in [5.74, 6) is 0.603. The smallest absolute Gasteiger partial charge is 0.222 e. The molecule has 0 aliphatic heterocycles. The number of hydrogen-bond acceptors (Lipinski definition) is 3. The predicted octanol–water partition coefficient (Wildman–Crippen LogP) is 1.49. The van der Waals surface area contributed by atoms with E-state index in [9.17, 15) is 0 Å². The van der Waals surface area contributed by atoms with Crippen LogP contribution in [0.25, 0.3) is 11.3 Å². The molecule has 0 saturated carbocycles. The molecule has 0 radical (unpaired) electrons. The van der Waals surface area contributed by atoms with Gasteiger partial charge in [0.05, 0.1) is 18.4 Å². The van der Waals surface area contributed by atoms with Gasteiger partial charge in [-0.2, -0.15) is 5.10 Å². The van der Waals surface area contributed by atoms with Gasteiger partial charge in [0.2, 0.25) is 5.88 Å². The first kappa shape index (κ1) is 8.74. The highest BCUT2D eigenvalue weighted by atomic mass is 16.5. The van der Waals surface area contributed by atoms with Crippen LogP contribution in [0.5, 0.6) is 5.88 Å². The topological polar surface area (TPSA) is 39.9 Å². The number of aryl methyl sites for hydroxylation is 1. The number of pyridine rings is 1. The maximum atomic E-state index is 5.15. The summed E-state index contributed by atoms with van der Waals surface area (Å²) in [4.78, 5) is 4.11. The van der Waals surface area contributed by atoms with Gasteiger partial charge >= 0.3 is 0 Å². The molecule has 0 spiro atoms. The summed E-state index contributed by atoms with van der Waals surface area (Å²) in [6, 6.07) is 5.74. The Hall–Kier alpha value is -1.84. The van der Waals surface area contributed by atoms with Crippen LogP contribution in [0.1, 0.15) is 0 Å². The molecule has 0 N–H and O–H groups in total. The summed E-state index contributed by atoms with van der Waals surface area (Å²) in [5.41, 5.74) is 1.79. The molecule has 0 aromatic carbocycles. The summed E-state index contributed by atoms with van der Waals surface area (Å²) in [6.45, 7) is 0. The lowest BCUT2D eigenvalue weighted by Gasteiger charge is -2.03. The SMILES string of the molecule is COc1ncccc1-c1ccn(C)n1. The minimum Gasteiger partial charge on any atom is -0.481 e. The van der Waals surface area contributed by atoms with E-state index in [-0.39, 0.29) is 0 Å². The van der Waals surface area contributed by atoms with Gasteiger partial charge in [-0.3, -0.25) is 4.68 Å². The summed E-state index contributed by atoms with van der Waals surface area (Å²) >= 11 is 0. The molecule has 0 saturated heterocycles. The standard InChI is InChI=1S/C10H11N3O/c1-13-7-5-9(12-13)8-4-3-6-11-10(8)14-2/h3-7H,1-2H3. The van der Waals surface area contributed by atoms with Gasteiger partial charge in [-0.25, -0.2) is 4.98 Å². The first-order valence-corrected chi connectivity index (χ1v) is 4.30. The van der Waals surface area contributed by atoms with E-state index >= 15 is 0 Å². The van der Waals surface area contributed by atoms with Gasteiger partial charge in [-0.05, 0) is 18.2 Å². The summed E-state index contributed by atoms with van der Waals surface area (Å²) in [5, 5.41) is 4.29. The van der Waals surface area contributed by atoms with E-state index in [1.165, 1.54) is 0 Å². The molecular formula is C10H11N3O. The second kappa shape index (κ2) is 3.49. The molecule has 2 aromatic heterocycles. The third-order valence-electron chi connectivity index (χ3n) is 1.95. The van der Waals surface area contributed by atoms with E-state index < -0.39 is 0 Å².